The van der Waals surface area contributed by atoms with E-state index in [9.17, 15) is 13.6 Å². The van der Waals surface area contributed by atoms with E-state index in [-0.39, 0.29) is 24.5 Å². The fourth-order valence-corrected chi connectivity index (χ4v) is 2.97. The molecule has 0 atom stereocenters. The van der Waals surface area contributed by atoms with Crippen molar-refractivity contribution in [2.75, 3.05) is 6.61 Å². The fraction of sp³-hybridized carbons (Fsp3) is 0.333. The number of rotatable bonds is 4. The van der Waals surface area contributed by atoms with Crippen molar-refractivity contribution >= 4 is 15.9 Å². The molecular weight excluding hydrogens is 374 g/mol. The Hall–Kier alpha value is -1.80. The van der Waals surface area contributed by atoms with Crippen LogP contribution in [0, 0.1) is 0 Å². The number of nitrogens with zero attached hydrogens (tertiary/aromatic N) is 2. The van der Waals surface area contributed by atoms with Gasteiger partial charge in [-0.2, -0.15) is 8.78 Å². The molecule has 0 saturated carbocycles. The van der Waals surface area contributed by atoms with Gasteiger partial charge in [0.15, 0.2) is 0 Å². The number of alkyl halides is 2. The van der Waals surface area contributed by atoms with Crippen LogP contribution < -0.4 is 10.3 Å². The Morgan fingerprint density at radius 1 is 1.43 bits per heavy atom. The van der Waals surface area contributed by atoms with Gasteiger partial charge < -0.3 is 9.47 Å². The van der Waals surface area contributed by atoms with Crippen molar-refractivity contribution in [3.63, 3.8) is 0 Å². The number of benzene rings is 1. The van der Waals surface area contributed by atoms with Gasteiger partial charge in [0.1, 0.15) is 5.75 Å². The van der Waals surface area contributed by atoms with E-state index in [0.29, 0.717) is 28.6 Å². The van der Waals surface area contributed by atoms with Crippen LogP contribution in [0.4, 0.5) is 8.78 Å². The molecule has 1 aliphatic rings. The van der Waals surface area contributed by atoms with Crippen LogP contribution in [-0.4, -0.2) is 22.8 Å². The van der Waals surface area contributed by atoms with Gasteiger partial charge in [0.2, 0.25) is 0 Å². The van der Waals surface area contributed by atoms with E-state index in [4.69, 9.17) is 4.74 Å². The Morgan fingerprint density at radius 3 is 3.04 bits per heavy atom. The molecule has 0 bridgehead atoms. The molecule has 23 heavy (non-hydrogen) atoms. The minimum atomic E-state index is -2.95. The maximum absolute atomic E-state index is 12.6. The third kappa shape index (κ3) is 3.42. The fourth-order valence-electron chi connectivity index (χ4n) is 2.47. The summed E-state index contributed by atoms with van der Waals surface area (Å²) in [5.74, 6) is 0.0170. The summed E-state index contributed by atoms with van der Waals surface area (Å²) in [4.78, 5) is 16.8. The highest BCUT2D eigenvalue weighted by Crippen LogP contribution is 2.31. The first-order chi connectivity index (χ1) is 11.1. The first kappa shape index (κ1) is 16.1. The van der Waals surface area contributed by atoms with Gasteiger partial charge in [-0.1, -0.05) is 12.1 Å². The molecule has 1 aromatic heterocycles. The number of aromatic nitrogens is 2. The molecule has 0 spiro atoms. The van der Waals surface area contributed by atoms with E-state index in [0.717, 1.165) is 5.69 Å². The molecule has 0 amide bonds. The van der Waals surface area contributed by atoms with Crippen LogP contribution in [0.5, 0.6) is 5.75 Å². The predicted molar refractivity (Wildman–Crippen MR) is 81.7 cm³/mol. The molecule has 2 heterocycles. The zero-order valence-corrected chi connectivity index (χ0v) is 13.6. The van der Waals surface area contributed by atoms with Crippen molar-refractivity contribution in [3.05, 3.63) is 56.2 Å². The largest absolute Gasteiger partial charge is 0.433 e. The van der Waals surface area contributed by atoms with Crippen molar-refractivity contribution in [2.45, 2.75) is 26.2 Å². The quantitative estimate of drug-likeness (QED) is 0.810. The van der Waals surface area contributed by atoms with E-state index >= 15 is 0 Å². The van der Waals surface area contributed by atoms with Crippen LogP contribution in [0.1, 0.15) is 16.8 Å². The number of hydrogen-bond donors (Lipinski definition) is 0. The van der Waals surface area contributed by atoms with Gasteiger partial charge in [0.05, 0.1) is 41.8 Å². The van der Waals surface area contributed by atoms with E-state index in [2.05, 4.69) is 25.7 Å². The summed E-state index contributed by atoms with van der Waals surface area (Å²) in [6.45, 7) is -2.10. The molecule has 0 radical (unpaired) electrons. The Balaban J connectivity index is 1.97. The number of ether oxygens (including phenoxy) is 2. The average molecular weight is 387 g/mol. The van der Waals surface area contributed by atoms with Crippen LogP contribution in [0.3, 0.4) is 0 Å². The van der Waals surface area contributed by atoms with Crippen molar-refractivity contribution in [2.24, 2.45) is 0 Å². The Bertz CT molecular complexity index is 780. The van der Waals surface area contributed by atoms with Crippen LogP contribution >= 0.6 is 15.9 Å². The minimum Gasteiger partial charge on any atom is -0.433 e. The molecule has 8 heteroatoms. The van der Waals surface area contributed by atoms with E-state index in [1.165, 1.54) is 10.9 Å². The summed E-state index contributed by atoms with van der Waals surface area (Å²) in [7, 11) is 0. The maximum Gasteiger partial charge on any atom is 0.387 e. The highest BCUT2D eigenvalue weighted by Gasteiger charge is 2.18. The molecule has 5 nitrogen and oxygen atoms in total. The smallest absolute Gasteiger partial charge is 0.387 e. The summed E-state index contributed by atoms with van der Waals surface area (Å²) in [6, 6.07) is 4.92. The zero-order chi connectivity index (χ0) is 16.4. The lowest BCUT2D eigenvalue weighted by atomic mass is 10.1. The van der Waals surface area contributed by atoms with Gasteiger partial charge in [0.25, 0.3) is 5.56 Å². The molecule has 0 N–H and O–H groups in total. The summed E-state index contributed by atoms with van der Waals surface area (Å²) >= 11 is 3.19. The van der Waals surface area contributed by atoms with Gasteiger partial charge in [-0.3, -0.25) is 9.36 Å². The van der Waals surface area contributed by atoms with Gasteiger partial charge >= 0.3 is 6.61 Å². The Kier molecular flexibility index (Phi) is 4.72. The number of hydrogen-bond acceptors (Lipinski definition) is 4. The van der Waals surface area contributed by atoms with Gasteiger partial charge in [-0.05, 0) is 22.0 Å². The van der Waals surface area contributed by atoms with Crippen LogP contribution in [0.2, 0.25) is 0 Å². The summed E-state index contributed by atoms with van der Waals surface area (Å²) in [5, 5.41) is 0. The first-order valence-electron chi connectivity index (χ1n) is 6.93. The van der Waals surface area contributed by atoms with Crippen molar-refractivity contribution in [3.8, 4) is 5.75 Å². The van der Waals surface area contributed by atoms with Crippen LogP contribution in [0.25, 0.3) is 0 Å². The number of halogens is 3. The number of fused-ring (bicyclic) bond motifs is 1. The summed E-state index contributed by atoms with van der Waals surface area (Å²) in [6.07, 6.45) is 2.03. The van der Waals surface area contributed by atoms with Crippen LogP contribution in [-0.2, 0) is 24.3 Å². The van der Waals surface area contributed by atoms with Crippen molar-refractivity contribution < 1.29 is 18.3 Å². The van der Waals surface area contributed by atoms with E-state index in [1.54, 1.807) is 18.2 Å². The van der Waals surface area contributed by atoms with Crippen LogP contribution in [0.15, 0.2) is 33.8 Å². The highest BCUT2D eigenvalue weighted by molar-refractivity contribution is 9.10. The summed E-state index contributed by atoms with van der Waals surface area (Å²) < 4.78 is 36.8. The lowest BCUT2D eigenvalue weighted by Gasteiger charge is -2.17. The third-order valence-electron chi connectivity index (χ3n) is 3.55. The first-order valence-corrected chi connectivity index (χ1v) is 7.72. The molecule has 3 rings (SSSR count). The Labute approximate surface area is 139 Å². The highest BCUT2D eigenvalue weighted by atomic mass is 79.9. The molecular formula is C15H13BrF2N2O3. The molecule has 122 valence electrons. The van der Waals surface area contributed by atoms with E-state index in [1.807, 2.05) is 0 Å². The monoisotopic (exact) mass is 386 g/mol. The summed E-state index contributed by atoms with van der Waals surface area (Å²) in [5.41, 5.74) is 1.48. The van der Waals surface area contributed by atoms with E-state index < -0.39 is 6.61 Å². The molecule has 1 aromatic carbocycles. The standard InChI is InChI=1S/C15H13BrF2N2O3/c16-11-3-1-2-9(13(11)23-15(17)18)6-20-8-19-12-4-5-22-7-10(12)14(20)21/h1-3,8,15H,4-7H2. The normalized spacial score (nSPS) is 13.9. The molecule has 0 saturated heterocycles. The second-order valence-electron chi connectivity index (χ2n) is 5.01. The predicted octanol–water partition coefficient (Wildman–Crippen LogP) is 2.73. The lowest BCUT2D eigenvalue weighted by molar-refractivity contribution is -0.0510. The van der Waals surface area contributed by atoms with Gasteiger partial charge in [-0.25, -0.2) is 4.98 Å². The minimum absolute atomic E-state index is 0.0170. The second kappa shape index (κ2) is 6.76. The van der Waals surface area contributed by atoms with Crippen molar-refractivity contribution in [1.29, 1.82) is 0 Å². The third-order valence-corrected chi connectivity index (χ3v) is 4.17. The van der Waals surface area contributed by atoms with Gasteiger partial charge in [-0.15, -0.1) is 0 Å². The van der Waals surface area contributed by atoms with Crippen molar-refractivity contribution in [1.82, 2.24) is 9.55 Å². The maximum atomic E-state index is 12.6. The molecule has 1 aliphatic heterocycles. The molecule has 0 unspecified atom stereocenters. The second-order valence-corrected chi connectivity index (χ2v) is 5.87. The number of para-hydroxylation sites is 1. The topological polar surface area (TPSA) is 53.4 Å². The SMILES string of the molecule is O=c1c2c(ncn1Cc1cccc(Br)c1OC(F)F)CCOC2. The zero-order valence-electron chi connectivity index (χ0n) is 12.0. The molecule has 0 aliphatic carbocycles. The Morgan fingerprint density at radius 2 is 2.26 bits per heavy atom. The average Bonchev–Trinajstić information content (AvgIpc) is 2.53. The lowest BCUT2D eigenvalue weighted by Crippen LogP contribution is -2.30. The van der Waals surface area contributed by atoms with Gasteiger partial charge in [0, 0.05) is 12.0 Å². The molecule has 2 aromatic rings. The molecule has 0 fully saturated rings.